The maximum absolute atomic E-state index is 12.2. The molecule has 3 rings (SSSR count). The maximum atomic E-state index is 12.2. The average molecular weight is 569 g/mol. The Morgan fingerprint density at radius 1 is 0.548 bits per heavy atom. The van der Waals surface area contributed by atoms with E-state index in [4.69, 9.17) is 0 Å². The van der Waals surface area contributed by atoms with Crippen LogP contribution in [0.5, 0.6) is 0 Å². The number of hydrazone groups is 2. The largest absolute Gasteiger partial charge is 0.326 e. The highest BCUT2D eigenvalue weighted by molar-refractivity contribution is 5.95. The van der Waals surface area contributed by atoms with E-state index in [0.29, 0.717) is 0 Å². The molecule has 0 atom stereocenters. The van der Waals surface area contributed by atoms with Gasteiger partial charge in [0.15, 0.2) is 0 Å². The molecular weight excluding hydrogens is 532 g/mol. The summed E-state index contributed by atoms with van der Waals surface area (Å²) >= 11 is 0. The van der Waals surface area contributed by atoms with Crippen molar-refractivity contribution in [2.75, 3.05) is 10.6 Å². The zero-order valence-electron chi connectivity index (χ0n) is 24.3. The van der Waals surface area contributed by atoms with Gasteiger partial charge in [-0.1, -0.05) is 59.7 Å². The molecule has 0 aliphatic heterocycles. The lowest BCUT2D eigenvalue weighted by Gasteiger charge is -2.08. The number of anilines is 2. The van der Waals surface area contributed by atoms with Crippen LogP contribution in [-0.4, -0.2) is 36.1 Å². The van der Waals surface area contributed by atoms with Crippen LogP contribution in [0.15, 0.2) is 70.9 Å². The first-order chi connectivity index (χ1) is 20.1. The van der Waals surface area contributed by atoms with Crippen molar-refractivity contribution in [1.29, 1.82) is 0 Å². The minimum Gasteiger partial charge on any atom is -0.326 e. The molecule has 4 amide bonds. The van der Waals surface area contributed by atoms with Gasteiger partial charge in [0, 0.05) is 37.1 Å². The van der Waals surface area contributed by atoms with Crippen molar-refractivity contribution in [3.8, 4) is 0 Å². The van der Waals surface area contributed by atoms with E-state index in [9.17, 15) is 19.2 Å². The van der Waals surface area contributed by atoms with Crippen molar-refractivity contribution < 1.29 is 19.2 Å². The van der Waals surface area contributed by atoms with E-state index in [1.165, 1.54) is 12.4 Å². The SMILES string of the molecule is Cc1ccc(NC(=O)CCC(=O)N/N=C\c2ccc(/C=N/NC(=O)CCC(=O)Nc3ccc(C)cc3C)cc2)c(C)c1. The third-order valence-corrected chi connectivity index (χ3v) is 6.21. The van der Waals surface area contributed by atoms with E-state index in [1.807, 2.05) is 64.1 Å². The van der Waals surface area contributed by atoms with Crippen molar-refractivity contribution in [1.82, 2.24) is 10.9 Å². The number of amides is 4. The monoisotopic (exact) mass is 568 g/mol. The van der Waals surface area contributed by atoms with Gasteiger partial charge < -0.3 is 10.6 Å². The summed E-state index contributed by atoms with van der Waals surface area (Å²) in [6.45, 7) is 7.80. The number of nitrogens with one attached hydrogen (secondary N) is 4. The van der Waals surface area contributed by atoms with E-state index in [1.54, 1.807) is 24.3 Å². The van der Waals surface area contributed by atoms with Crippen molar-refractivity contribution in [2.24, 2.45) is 10.2 Å². The minimum atomic E-state index is -0.371. The van der Waals surface area contributed by atoms with Gasteiger partial charge in [0.25, 0.3) is 0 Å². The predicted octanol–water partition coefficient (Wildman–Crippen LogP) is 4.66. The predicted molar refractivity (Wildman–Crippen MR) is 165 cm³/mol. The molecule has 0 aliphatic carbocycles. The highest BCUT2D eigenvalue weighted by atomic mass is 16.2. The Balaban J connectivity index is 1.33. The normalized spacial score (nSPS) is 11.0. The number of aryl methyl sites for hydroxylation is 4. The van der Waals surface area contributed by atoms with Crippen LogP contribution in [0.1, 0.15) is 59.1 Å². The molecular formula is C32H36N6O4. The topological polar surface area (TPSA) is 141 Å². The highest BCUT2D eigenvalue weighted by Crippen LogP contribution is 2.17. The van der Waals surface area contributed by atoms with E-state index in [-0.39, 0.29) is 49.3 Å². The second-order valence-electron chi connectivity index (χ2n) is 9.99. The van der Waals surface area contributed by atoms with Crippen LogP contribution in [0.2, 0.25) is 0 Å². The third-order valence-electron chi connectivity index (χ3n) is 6.21. The fourth-order valence-corrected chi connectivity index (χ4v) is 3.92. The van der Waals surface area contributed by atoms with Gasteiger partial charge in [0.05, 0.1) is 12.4 Å². The number of carbonyl (C=O) groups is 4. The van der Waals surface area contributed by atoms with Gasteiger partial charge in [-0.05, 0) is 62.1 Å². The molecule has 10 heteroatoms. The first-order valence-corrected chi connectivity index (χ1v) is 13.6. The molecule has 10 nitrogen and oxygen atoms in total. The fraction of sp³-hybridized carbons (Fsp3) is 0.250. The Morgan fingerprint density at radius 2 is 0.905 bits per heavy atom. The summed E-state index contributed by atoms with van der Waals surface area (Å²) < 4.78 is 0. The molecule has 0 saturated carbocycles. The van der Waals surface area contributed by atoms with Crippen molar-refractivity contribution in [3.63, 3.8) is 0 Å². The molecule has 0 fully saturated rings. The molecule has 0 unspecified atom stereocenters. The molecule has 0 saturated heterocycles. The van der Waals surface area contributed by atoms with Gasteiger partial charge in [0.1, 0.15) is 0 Å². The van der Waals surface area contributed by atoms with Gasteiger partial charge >= 0.3 is 0 Å². The quantitative estimate of drug-likeness (QED) is 0.186. The average Bonchev–Trinajstić information content (AvgIpc) is 2.95. The number of nitrogens with zero attached hydrogens (tertiary/aromatic N) is 2. The van der Waals surface area contributed by atoms with Gasteiger partial charge in [-0.2, -0.15) is 10.2 Å². The number of carbonyl (C=O) groups excluding carboxylic acids is 4. The van der Waals surface area contributed by atoms with Gasteiger partial charge in [-0.3, -0.25) is 19.2 Å². The fourth-order valence-electron chi connectivity index (χ4n) is 3.92. The minimum absolute atomic E-state index is 0.00624. The molecule has 0 spiro atoms. The van der Waals surface area contributed by atoms with E-state index < -0.39 is 0 Å². The molecule has 42 heavy (non-hydrogen) atoms. The third kappa shape index (κ3) is 10.8. The van der Waals surface area contributed by atoms with Gasteiger partial charge in [-0.25, -0.2) is 10.9 Å². The summed E-state index contributed by atoms with van der Waals surface area (Å²) in [5.41, 5.74) is 11.9. The Kier molecular flexibility index (Phi) is 11.7. The summed E-state index contributed by atoms with van der Waals surface area (Å²) in [4.78, 5) is 48.4. The number of benzene rings is 3. The molecule has 4 N–H and O–H groups in total. The molecule has 218 valence electrons. The summed E-state index contributed by atoms with van der Waals surface area (Å²) in [6, 6.07) is 18.6. The molecule has 3 aromatic rings. The molecule has 0 aliphatic rings. The lowest BCUT2D eigenvalue weighted by Crippen LogP contribution is -2.21. The lowest BCUT2D eigenvalue weighted by molar-refractivity contribution is -0.124. The van der Waals surface area contributed by atoms with Crippen LogP contribution < -0.4 is 21.5 Å². The standard InChI is InChI=1S/C32H36N6O4/c1-21-5-11-27(23(3)17-21)35-29(39)13-15-31(41)37-33-19-25-7-9-26(10-8-25)20-34-38-32(42)16-14-30(40)36-28-12-6-22(2)18-24(28)4/h5-12,17-20H,13-16H2,1-4H3,(H,35,39)(H,36,40)(H,37,41)(H,38,42)/b33-19-,34-20+. The zero-order valence-corrected chi connectivity index (χ0v) is 24.3. The van der Waals surface area contributed by atoms with Crippen LogP contribution in [0, 0.1) is 27.7 Å². The summed E-state index contributed by atoms with van der Waals surface area (Å²) in [5.74, 6) is -1.23. The molecule has 0 bridgehead atoms. The van der Waals surface area contributed by atoms with Crippen molar-refractivity contribution >= 4 is 47.4 Å². The second kappa shape index (κ2) is 15.6. The van der Waals surface area contributed by atoms with Crippen LogP contribution in [0.4, 0.5) is 11.4 Å². The number of hydrogen-bond acceptors (Lipinski definition) is 6. The zero-order chi connectivity index (χ0) is 30.5. The van der Waals surface area contributed by atoms with Crippen LogP contribution in [0.3, 0.4) is 0 Å². The Labute approximate surface area is 245 Å². The molecule has 0 radical (unpaired) electrons. The Morgan fingerprint density at radius 3 is 1.26 bits per heavy atom. The van der Waals surface area contributed by atoms with Crippen LogP contribution >= 0.6 is 0 Å². The van der Waals surface area contributed by atoms with Crippen LogP contribution in [-0.2, 0) is 19.2 Å². The first-order valence-electron chi connectivity index (χ1n) is 13.6. The van der Waals surface area contributed by atoms with E-state index >= 15 is 0 Å². The summed E-state index contributed by atoms with van der Waals surface area (Å²) in [5, 5.41) is 13.5. The van der Waals surface area contributed by atoms with Crippen molar-refractivity contribution in [2.45, 2.75) is 53.4 Å². The highest BCUT2D eigenvalue weighted by Gasteiger charge is 2.09. The second-order valence-corrected chi connectivity index (χ2v) is 9.99. The molecule has 0 aromatic heterocycles. The van der Waals surface area contributed by atoms with E-state index in [0.717, 1.165) is 44.8 Å². The van der Waals surface area contributed by atoms with Crippen LogP contribution in [0.25, 0.3) is 0 Å². The molecule has 3 aromatic carbocycles. The summed E-state index contributed by atoms with van der Waals surface area (Å²) in [6.07, 6.45) is 3.07. The van der Waals surface area contributed by atoms with Crippen molar-refractivity contribution in [3.05, 3.63) is 94.0 Å². The Hall–Kier alpha value is -5.12. The number of rotatable bonds is 12. The maximum Gasteiger partial charge on any atom is 0.240 e. The first kappa shape index (κ1) is 31.4. The number of hydrogen-bond donors (Lipinski definition) is 4. The van der Waals surface area contributed by atoms with E-state index in [2.05, 4.69) is 31.7 Å². The lowest BCUT2D eigenvalue weighted by atomic mass is 10.1. The summed E-state index contributed by atoms with van der Waals surface area (Å²) in [7, 11) is 0. The molecule has 0 heterocycles. The smallest absolute Gasteiger partial charge is 0.240 e. The van der Waals surface area contributed by atoms with Gasteiger partial charge in [0.2, 0.25) is 23.6 Å². The Bertz CT molecular complexity index is 1380. The van der Waals surface area contributed by atoms with Gasteiger partial charge in [-0.15, -0.1) is 0 Å².